The number of hydrogen-bond donors (Lipinski definition) is 0. The largest absolute Gasteiger partial charge is 0.377 e. The van der Waals surface area contributed by atoms with E-state index in [1.807, 2.05) is 43.5 Å². The molecule has 10 nitrogen and oxygen atoms in total. The first kappa shape index (κ1) is 25.2. The minimum atomic E-state index is -3.79. The summed E-state index contributed by atoms with van der Waals surface area (Å²) in [7, 11) is -3.79. The molecule has 0 aliphatic carbocycles. The summed E-state index contributed by atoms with van der Waals surface area (Å²) < 4.78 is 36.0. The summed E-state index contributed by atoms with van der Waals surface area (Å²) in [5.41, 5.74) is 2.28. The maximum atomic E-state index is 13.5. The molecule has 0 radical (unpaired) electrons. The van der Waals surface area contributed by atoms with Crippen molar-refractivity contribution in [3.8, 4) is 17.2 Å². The van der Waals surface area contributed by atoms with Gasteiger partial charge in [0.25, 0.3) is 10.0 Å². The third kappa shape index (κ3) is 4.37. The van der Waals surface area contributed by atoms with E-state index in [1.165, 1.54) is 3.97 Å². The number of hydrogen-bond acceptors (Lipinski definition) is 8. The lowest BCUT2D eigenvalue weighted by atomic mass is 10.1. The predicted molar refractivity (Wildman–Crippen MR) is 149 cm³/mol. The first-order chi connectivity index (χ1) is 18.7. The number of benzene rings is 2. The Morgan fingerprint density at radius 3 is 2.36 bits per heavy atom. The van der Waals surface area contributed by atoms with Gasteiger partial charge in [0.1, 0.15) is 23.3 Å². The van der Waals surface area contributed by atoms with Crippen molar-refractivity contribution in [2.24, 2.45) is 0 Å². The summed E-state index contributed by atoms with van der Waals surface area (Å²) in [6, 6.07) is 16.3. The maximum absolute atomic E-state index is 13.5. The summed E-state index contributed by atoms with van der Waals surface area (Å²) in [6.07, 6.45) is 1.59. The maximum Gasteiger partial charge on any atom is 0.268 e. The summed E-state index contributed by atoms with van der Waals surface area (Å²) in [4.78, 5) is 12.4. The molecule has 1 fully saturated rings. The van der Waals surface area contributed by atoms with Gasteiger partial charge in [0.2, 0.25) is 0 Å². The van der Waals surface area contributed by atoms with Gasteiger partial charge in [-0.1, -0.05) is 29.8 Å². The normalized spacial score (nSPS) is 16.2. The van der Waals surface area contributed by atoms with E-state index >= 15 is 0 Å². The van der Waals surface area contributed by atoms with E-state index < -0.39 is 10.0 Å². The minimum Gasteiger partial charge on any atom is -0.377 e. The van der Waals surface area contributed by atoms with Gasteiger partial charge in [-0.25, -0.2) is 22.4 Å². The van der Waals surface area contributed by atoms with Crippen molar-refractivity contribution in [2.75, 3.05) is 24.7 Å². The van der Waals surface area contributed by atoms with Crippen LogP contribution in [0.2, 0.25) is 0 Å². The number of morpholine rings is 1. The zero-order chi connectivity index (χ0) is 27.3. The van der Waals surface area contributed by atoms with E-state index in [9.17, 15) is 8.42 Å². The van der Waals surface area contributed by atoms with Crippen LogP contribution in [0.15, 0.2) is 65.7 Å². The van der Waals surface area contributed by atoms with Crippen LogP contribution >= 0.6 is 0 Å². The van der Waals surface area contributed by atoms with Crippen molar-refractivity contribution in [2.45, 2.75) is 38.6 Å². The number of aromatic nitrogens is 6. The molecule has 5 aromatic rings. The molecule has 1 aliphatic rings. The fraction of sp³-hybridized carbons (Fsp3) is 0.286. The monoisotopic (exact) mass is 543 g/mol. The van der Waals surface area contributed by atoms with Gasteiger partial charge >= 0.3 is 0 Å². The first-order valence-electron chi connectivity index (χ1n) is 12.8. The number of anilines is 1. The fourth-order valence-electron chi connectivity index (χ4n) is 5.04. The van der Waals surface area contributed by atoms with Gasteiger partial charge in [-0.2, -0.15) is 0 Å². The lowest BCUT2D eigenvalue weighted by Gasteiger charge is -2.34. The average Bonchev–Trinajstić information content (AvgIpc) is 3.52. The van der Waals surface area contributed by atoms with Gasteiger partial charge in [-0.3, -0.25) is 4.57 Å². The second kappa shape index (κ2) is 9.58. The summed E-state index contributed by atoms with van der Waals surface area (Å²) in [6.45, 7) is 9.72. The van der Waals surface area contributed by atoms with Crippen LogP contribution in [0.3, 0.4) is 0 Å². The number of rotatable bonds is 5. The van der Waals surface area contributed by atoms with Crippen molar-refractivity contribution in [3.05, 3.63) is 78.0 Å². The molecular formula is C28H29N7O3S. The third-order valence-corrected chi connectivity index (χ3v) is 8.80. The summed E-state index contributed by atoms with van der Waals surface area (Å²) >= 11 is 0. The van der Waals surface area contributed by atoms with Crippen LogP contribution in [-0.4, -0.2) is 62.9 Å². The Labute approximate surface area is 227 Å². The average molecular weight is 544 g/mol. The van der Waals surface area contributed by atoms with E-state index in [4.69, 9.17) is 14.7 Å². The Hall–Kier alpha value is -4.09. The molecule has 11 heteroatoms. The van der Waals surface area contributed by atoms with Crippen LogP contribution in [0.1, 0.15) is 24.1 Å². The van der Waals surface area contributed by atoms with Crippen LogP contribution in [0, 0.1) is 20.8 Å². The summed E-state index contributed by atoms with van der Waals surface area (Å²) in [5.74, 6) is 3.34. The highest BCUT2D eigenvalue weighted by Crippen LogP contribution is 2.32. The molecule has 2 aromatic carbocycles. The molecule has 6 rings (SSSR count). The molecule has 1 aliphatic heterocycles. The molecule has 3 aromatic heterocycles. The van der Waals surface area contributed by atoms with Crippen LogP contribution in [-0.2, 0) is 14.8 Å². The minimum absolute atomic E-state index is 0.133. The Bertz CT molecular complexity index is 1770. The van der Waals surface area contributed by atoms with Crippen molar-refractivity contribution in [1.29, 1.82) is 0 Å². The first-order valence-corrected chi connectivity index (χ1v) is 14.2. The lowest BCUT2D eigenvalue weighted by molar-refractivity contribution is 0.0985. The Morgan fingerprint density at radius 1 is 0.923 bits per heavy atom. The number of aryl methyl sites for hydroxylation is 3. The number of fused-ring (bicyclic) bond motifs is 1. The molecule has 0 unspecified atom stereocenters. The Kier molecular flexibility index (Phi) is 6.19. The molecule has 39 heavy (non-hydrogen) atoms. The molecule has 0 N–H and O–H groups in total. The fourth-order valence-corrected chi connectivity index (χ4v) is 6.39. The van der Waals surface area contributed by atoms with E-state index in [2.05, 4.69) is 22.0 Å². The van der Waals surface area contributed by atoms with Crippen molar-refractivity contribution < 1.29 is 13.2 Å². The van der Waals surface area contributed by atoms with E-state index in [0.717, 1.165) is 22.3 Å². The number of nitrogens with zero attached hydrogens (tertiary/aromatic N) is 7. The molecule has 0 bridgehead atoms. The summed E-state index contributed by atoms with van der Waals surface area (Å²) in [5, 5.41) is 9.17. The molecule has 1 atom stereocenters. The second-order valence-corrected chi connectivity index (χ2v) is 11.6. The van der Waals surface area contributed by atoms with Crippen LogP contribution in [0.25, 0.3) is 28.1 Å². The highest BCUT2D eigenvalue weighted by atomic mass is 32.2. The topological polar surface area (TPSA) is 108 Å². The van der Waals surface area contributed by atoms with Gasteiger partial charge in [-0.05, 0) is 52.0 Å². The molecule has 200 valence electrons. The van der Waals surface area contributed by atoms with Crippen LogP contribution in [0.4, 0.5) is 5.82 Å². The standard InChI is InChI=1S/C28H29N7O3S/c1-18-8-10-22(11-9-18)39(36,37)34-13-12-23-24(6-5-7-25(23)34)28-29-26(33-14-15-38-17-19(33)2)16-27(30-28)35-20(3)31-32-21(35)4/h5-13,16,19H,14-15,17H2,1-4H3/t19-/m1/s1. The van der Waals surface area contributed by atoms with Gasteiger partial charge in [0.05, 0.1) is 29.7 Å². The number of ether oxygens (including phenoxy) is 1. The zero-order valence-corrected chi connectivity index (χ0v) is 23.1. The quantitative estimate of drug-likeness (QED) is 0.327. The Balaban J connectivity index is 1.53. The molecule has 4 heterocycles. The lowest BCUT2D eigenvalue weighted by Crippen LogP contribution is -2.44. The van der Waals surface area contributed by atoms with Crippen molar-refractivity contribution in [3.63, 3.8) is 0 Å². The molecule has 1 saturated heterocycles. The highest BCUT2D eigenvalue weighted by Gasteiger charge is 2.25. The molecule has 0 amide bonds. The molecule has 0 spiro atoms. The van der Waals surface area contributed by atoms with Crippen LogP contribution < -0.4 is 4.90 Å². The highest BCUT2D eigenvalue weighted by molar-refractivity contribution is 7.90. The van der Waals surface area contributed by atoms with Crippen LogP contribution in [0.5, 0.6) is 0 Å². The molecular weight excluding hydrogens is 514 g/mol. The predicted octanol–water partition coefficient (Wildman–Crippen LogP) is 4.07. The van der Waals surface area contributed by atoms with E-state index in [0.29, 0.717) is 48.6 Å². The Morgan fingerprint density at radius 2 is 1.64 bits per heavy atom. The zero-order valence-electron chi connectivity index (χ0n) is 22.2. The third-order valence-electron chi connectivity index (χ3n) is 7.09. The van der Waals surface area contributed by atoms with Crippen molar-refractivity contribution >= 4 is 26.7 Å². The van der Waals surface area contributed by atoms with Gasteiger partial charge in [0, 0.05) is 29.8 Å². The SMILES string of the molecule is Cc1ccc(S(=O)(=O)n2ccc3c(-c4nc(N5CCOC[C@H]5C)cc(-n5c(C)nnc5C)n4)cccc32)cc1. The van der Waals surface area contributed by atoms with E-state index in [1.54, 1.807) is 42.6 Å². The second-order valence-electron chi connectivity index (χ2n) is 9.82. The van der Waals surface area contributed by atoms with Gasteiger partial charge < -0.3 is 9.64 Å². The van der Waals surface area contributed by atoms with Crippen molar-refractivity contribution in [1.82, 2.24) is 28.7 Å². The van der Waals surface area contributed by atoms with Gasteiger partial charge in [-0.15, -0.1) is 10.2 Å². The molecule has 0 saturated carbocycles. The van der Waals surface area contributed by atoms with E-state index in [-0.39, 0.29) is 10.9 Å². The smallest absolute Gasteiger partial charge is 0.268 e. The van der Waals surface area contributed by atoms with Gasteiger partial charge in [0.15, 0.2) is 5.82 Å².